The zero-order valence-corrected chi connectivity index (χ0v) is 13.0. The van der Waals surface area contributed by atoms with Crippen LogP contribution in [0.25, 0.3) is 0 Å². The maximum absolute atomic E-state index is 11.1. The first kappa shape index (κ1) is 15.7. The monoisotopic (exact) mass is 326 g/mol. The average Bonchev–Trinajstić information content (AvgIpc) is 2.46. The fourth-order valence-electron chi connectivity index (χ4n) is 1.63. The van der Waals surface area contributed by atoms with Gasteiger partial charge in [0.1, 0.15) is 17.2 Å². The van der Waals surface area contributed by atoms with Gasteiger partial charge in [0.05, 0.1) is 11.5 Å². The Morgan fingerprint density at radius 2 is 1.38 bits per heavy atom. The lowest BCUT2D eigenvalue weighted by Gasteiger charge is -2.08. The summed E-state index contributed by atoms with van der Waals surface area (Å²) in [7, 11) is 1.54. The Bertz CT molecular complexity index is 679. The van der Waals surface area contributed by atoms with Crippen molar-refractivity contribution >= 4 is 19.7 Å². The highest BCUT2D eigenvalue weighted by Crippen LogP contribution is 2.25. The molecule has 112 valence electrons. The maximum Gasteiger partial charge on any atom is 0.261 e. The number of hydrogen-bond donors (Lipinski definition) is 0. The maximum atomic E-state index is 11.1. The smallest absolute Gasteiger partial charge is 0.261 e. The average molecular weight is 327 g/mol. The summed E-state index contributed by atoms with van der Waals surface area (Å²) in [5.41, 5.74) is 0. The molecule has 2 rings (SSSR count). The van der Waals surface area contributed by atoms with Crippen LogP contribution in [0, 0.1) is 0 Å². The summed E-state index contributed by atoms with van der Waals surface area (Å²) in [6.07, 6.45) is 0.952. The first-order valence-electron chi connectivity index (χ1n) is 6.44. The zero-order chi connectivity index (χ0) is 15.3. The summed E-state index contributed by atoms with van der Waals surface area (Å²) in [5.74, 6) is 1.95. The lowest BCUT2D eigenvalue weighted by Crippen LogP contribution is -1.94. The number of benzene rings is 2. The molecule has 0 radical (unpaired) electrons. The number of hydrogen-bond acceptors (Lipinski definition) is 4. The van der Waals surface area contributed by atoms with Crippen molar-refractivity contribution in [1.82, 2.24) is 0 Å². The summed E-state index contributed by atoms with van der Waals surface area (Å²) in [6, 6.07) is 13.1. The van der Waals surface area contributed by atoms with Crippen molar-refractivity contribution < 1.29 is 17.9 Å². The van der Waals surface area contributed by atoms with Crippen LogP contribution >= 0.6 is 10.7 Å². The third kappa shape index (κ3) is 4.65. The Labute approximate surface area is 128 Å². The van der Waals surface area contributed by atoms with Gasteiger partial charge < -0.3 is 9.47 Å². The molecule has 21 heavy (non-hydrogen) atoms. The number of ether oxygens (including phenoxy) is 2. The van der Waals surface area contributed by atoms with Crippen LogP contribution in [0.3, 0.4) is 0 Å². The van der Waals surface area contributed by atoms with E-state index in [9.17, 15) is 8.42 Å². The fraction of sp³-hybridized carbons (Fsp3) is 0.200. The van der Waals surface area contributed by atoms with Gasteiger partial charge in [-0.25, -0.2) is 8.42 Å². The molecule has 4 nitrogen and oxygen atoms in total. The molecule has 0 spiro atoms. The second-order valence-corrected chi connectivity index (χ2v) is 6.90. The molecule has 6 heteroatoms. The van der Waals surface area contributed by atoms with Crippen LogP contribution in [-0.2, 0) is 9.05 Å². The van der Waals surface area contributed by atoms with Crippen molar-refractivity contribution in [2.75, 3.05) is 6.61 Å². The van der Waals surface area contributed by atoms with Crippen molar-refractivity contribution in [3.8, 4) is 17.2 Å². The van der Waals surface area contributed by atoms with Gasteiger partial charge in [0.25, 0.3) is 9.05 Å². The van der Waals surface area contributed by atoms with E-state index < -0.39 is 9.05 Å². The Morgan fingerprint density at radius 1 is 0.905 bits per heavy atom. The van der Waals surface area contributed by atoms with Crippen LogP contribution in [-0.4, -0.2) is 15.0 Å². The third-order valence-electron chi connectivity index (χ3n) is 2.64. The first-order chi connectivity index (χ1) is 9.99. The second-order valence-electron chi connectivity index (χ2n) is 4.33. The van der Waals surface area contributed by atoms with Gasteiger partial charge in [0.2, 0.25) is 0 Å². The SMILES string of the molecule is CCCOc1ccc(Oc2ccc(S(=O)(=O)Cl)cc2)cc1. The number of rotatable bonds is 6. The molecular weight excluding hydrogens is 312 g/mol. The summed E-state index contributed by atoms with van der Waals surface area (Å²) < 4.78 is 33.4. The highest BCUT2D eigenvalue weighted by atomic mass is 35.7. The van der Waals surface area contributed by atoms with E-state index in [1.54, 1.807) is 24.3 Å². The van der Waals surface area contributed by atoms with Crippen LogP contribution in [0.15, 0.2) is 53.4 Å². The highest BCUT2D eigenvalue weighted by Gasteiger charge is 2.09. The Balaban J connectivity index is 2.04. The van der Waals surface area contributed by atoms with Gasteiger partial charge in [-0.1, -0.05) is 6.92 Å². The molecule has 0 N–H and O–H groups in total. The van der Waals surface area contributed by atoms with E-state index in [1.807, 2.05) is 19.1 Å². The molecule has 0 saturated heterocycles. The normalized spacial score (nSPS) is 11.1. The van der Waals surface area contributed by atoms with Gasteiger partial charge in [-0.05, 0) is 55.0 Å². The molecule has 2 aromatic rings. The van der Waals surface area contributed by atoms with Crippen molar-refractivity contribution in [3.05, 3.63) is 48.5 Å². The molecule has 0 amide bonds. The van der Waals surface area contributed by atoms with Gasteiger partial charge in [0, 0.05) is 10.7 Å². The van der Waals surface area contributed by atoms with Crippen LogP contribution in [0.4, 0.5) is 0 Å². The molecule has 0 aliphatic rings. The summed E-state index contributed by atoms with van der Waals surface area (Å²) in [6.45, 7) is 2.72. The van der Waals surface area contributed by atoms with E-state index in [2.05, 4.69) is 0 Å². The Hall–Kier alpha value is -1.72. The predicted molar refractivity (Wildman–Crippen MR) is 81.8 cm³/mol. The van der Waals surface area contributed by atoms with Gasteiger partial charge >= 0.3 is 0 Å². The second kappa shape index (κ2) is 6.83. The standard InChI is InChI=1S/C15H15ClO4S/c1-2-11-19-12-3-5-13(6-4-12)20-14-7-9-15(10-8-14)21(16,17)18/h3-10H,2,11H2,1H3. The van der Waals surface area contributed by atoms with Crippen molar-refractivity contribution in [3.63, 3.8) is 0 Å². The first-order valence-corrected chi connectivity index (χ1v) is 8.75. The molecule has 0 saturated carbocycles. The minimum Gasteiger partial charge on any atom is -0.494 e. The summed E-state index contributed by atoms with van der Waals surface area (Å²) in [4.78, 5) is 0.0415. The molecule has 0 aromatic heterocycles. The van der Waals surface area contributed by atoms with Crippen LogP contribution in [0.2, 0.25) is 0 Å². The van der Waals surface area contributed by atoms with E-state index in [-0.39, 0.29) is 4.90 Å². The van der Waals surface area contributed by atoms with Crippen molar-refractivity contribution in [2.24, 2.45) is 0 Å². The predicted octanol–water partition coefficient (Wildman–Crippen LogP) is 4.20. The zero-order valence-electron chi connectivity index (χ0n) is 11.5. The largest absolute Gasteiger partial charge is 0.494 e. The fourth-order valence-corrected chi connectivity index (χ4v) is 2.40. The Morgan fingerprint density at radius 3 is 1.86 bits per heavy atom. The van der Waals surface area contributed by atoms with E-state index in [4.69, 9.17) is 20.2 Å². The Kier molecular flexibility index (Phi) is 5.09. The molecule has 0 aliphatic heterocycles. The van der Waals surface area contributed by atoms with E-state index >= 15 is 0 Å². The molecule has 0 unspecified atom stereocenters. The third-order valence-corrected chi connectivity index (χ3v) is 4.01. The molecule has 0 atom stereocenters. The van der Waals surface area contributed by atoms with Crippen molar-refractivity contribution in [1.29, 1.82) is 0 Å². The lowest BCUT2D eigenvalue weighted by atomic mass is 10.3. The van der Waals surface area contributed by atoms with Gasteiger partial charge in [-0.2, -0.15) is 0 Å². The number of halogens is 1. The summed E-state index contributed by atoms with van der Waals surface area (Å²) in [5, 5.41) is 0. The molecular formula is C15H15ClO4S. The topological polar surface area (TPSA) is 52.6 Å². The lowest BCUT2D eigenvalue weighted by molar-refractivity contribution is 0.317. The summed E-state index contributed by atoms with van der Waals surface area (Å²) >= 11 is 0. The van der Waals surface area contributed by atoms with Gasteiger partial charge in [-0.15, -0.1) is 0 Å². The molecule has 2 aromatic carbocycles. The molecule has 0 fully saturated rings. The van der Waals surface area contributed by atoms with Crippen LogP contribution in [0.5, 0.6) is 17.2 Å². The highest BCUT2D eigenvalue weighted by molar-refractivity contribution is 8.13. The molecule has 0 aliphatic carbocycles. The van der Waals surface area contributed by atoms with Crippen LogP contribution in [0.1, 0.15) is 13.3 Å². The quantitative estimate of drug-likeness (QED) is 0.747. The van der Waals surface area contributed by atoms with E-state index in [0.717, 1.165) is 12.2 Å². The minimum absolute atomic E-state index is 0.0415. The van der Waals surface area contributed by atoms with Crippen molar-refractivity contribution in [2.45, 2.75) is 18.2 Å². The van der Waals surface area contributed by atoms with E-state index in [0.29, 0.717) is 18.1 Å². The van der Waals surface area contributed by atoms with Crippen LogP contribution < -0.4 is 9.47 Å². The van der Waals surface area contributed by atoms with E-state index in [1.165, 1.54) is 12.1 Å². The molecule has 0 bridgehead atoms. The van der Waals surface area contributed by atoms with Gasteiger partial charge in [-0.3, -0.25) is 0 Å². The molecule has 0 heterocycles. The minimum atomic E-state index is -3.71. The van der Waals surface area contributed by atoms with Gasteiger partial charge in [0.15, 0.2) is 0 Å².